The maximum absolute atomic E-state index is 12.0. The third-order valence-corrected chi connectivity index (χ3v) is 4.73. The zero-order valence-corrected chi connectivity index (χ0v) is 13.8. The van der Waals surface area contributed by atoms with Crippen molar-refractivity contribution in [3.63, 3.8) is 0 Å². The van der Waals surface area contributed by atoms with Gasteiger partial charge in [0.25, 0.3) is 0 Å². The number of hydrogen-bond acceptors (Lipinski definition) is 3. The second-order valence-corrected chi connectivity index (χ2v) is 6.40. The molecule has 1 saturated carbocycles. The Kier molecular flexibility index (Phi) is 5.98. The number of benzene rings is 1. The molecule has 2 amide bonds. The molecule has 2 atom stereocenters. The lowest BCUT2D eigenvalue weighted by Gasteiger charge is -2.30. The Balaban J connectivity index is 1.93. The van der Waals surface area contributed by atoms with Crippen LogP contribution in [-0.4, -0.2) is 29.6 Å². The molecule has 2 rings (SSSR count). The smallest absolute Gasteiger partial charge is 0.313 e. The maximum atomic E-state index is 12.0. The number of para-hydroxylation sites is 1. The van der Waals surface area contributed by atoms with Crippen molar-refractivity contribution in [2.24, 2.45) is 5.92 Å². The van der Waals surface area contributed by atoms with Crippen LogP contribution in [0.4, 0.5) is 5.69 Å². The fourth-order valence-electron chi connectivity index (χ4n) is 2.59. The highest BCUT2D eigenvalue weighted by atomic mass is 127. The summed E-state index contributed by atoms with van der Waals surface area (Å²) in [7, 11) is 0. The normalized spacial score (nSPS) is 21.6. The van der Waals surface area contributed by atoms with Crippen molar-refractivity contribution in [3.05, 3.63) is 27.8 Å². The first-order valence-corrected chi connectivity index (χ1v) is 8.17. The molecule has 0 heterocycles. The van der Waals surface area contributed by atoms with E-state index in [0.29, 0.717) is 5.69 Å². The molecule has 1 aliphatic rings. The van der Waals surface area contributed by atoms with Gasteiger partial charge in [0.1, 0.15) is 0 Å². The summed E-state index contributed by atoms with van der Waals surface area (Å²) in [4.78, 5) is 23.9. The molecule has 6 heteroatoms. The van der Waals surface area contributed by atoms with E-state index >= 15 is 0 Å². The van der Waals surface area contributed by atoms with Crippen LogP contribution in [0, 0.1) is 9.49 Å². The number of carbonyl (C=O) groups is 2. The SMILES string of the molecule is O=C(Nc1ccccc1I)C(=O)N[C@@H]1CCCC[C@H]1CO. The minimum absolute atomic E-state index is 0.0448. The fourth-order valence-corrected chi connectivity index (χ4v) is 3.11. The van der Waals surface area contributed by atoms with Crippen LogP contribution in [0.25, 0.3) is 0 Å². The second-order valence-electron chi connectivity index (χ2n) is 5.24. The predicted molar refractivity (Wildman–Crippen MR) is 88.8 cm³/mol. The molecule has 0 spiro atoms. The molecule has 0 aliphatic heterocycles. The standard InChI is InChI=1S/C15H19IN2O3/c16-11-6-2-4-8-13(11)18-15(21)14(20)17-12-7-3-1-5-10(12)9-19/h2,4,6,8,10,12,19H,1,3,5,7,9H2,(H,17,20)(H,18,21)/t10-,12+/m0/s1. The summed E-state index contributed by atoms with van der Waals surface area (Å²) < 4.78 is 0.877. The van der Waals surface area contributed by atoms with Gasteiger partial charge in [0, 0.05) is 22.1 Å². The second kappa shape index (κ2) is 7.74. The average molecular weight is 402 g/mol. The van der Waals surface area contributed by atoms with E-state index < -0.39 is 11.8 Å². The Morgan fingerprint density at radius 2 is 1.90 bits per heavy atom. The van der Waals surface area contributed by atoms with Crippen LogP contribution < -0.4 is 10.6 Å². The van der Waals surface area contributed by atoms with Crippen LogP contribution in [-0.2, 0) is 9.59 Å². The van der Waals surface area contributed by atoms with E-state index in [-0.39, 0.29) is 18.6 Å². The van der Waals surface area contributed by atoms with Crippen LogP contribution in [0.15, 0.2) is 24.3 Å². The lowest BCUT2D eigenvalue weighted by molar-refractivity contribution is -0.137. The molecule has 1 aromatic carbocycles. The van der Waals surface area contributed by atoms with Gasteiger partial charge in [-0.25, -0.2) is 0 Å². The van der Waals surface area contributed by atoms with Crippen molar-refractivity contribution in [2.45, 2.75) is 31.7 Å². The molecule has 0 radical (unpaired) electrons. The van der Waals surface area contributed by atoms with E-state index in [2.05, 4.69) is 33.2 Å². The van der Waals surface area contributed by atoms with Gasteiger partial charge in [-0.2, -0.15) is 0 Å². The molecule has 0 unspecified atom stereocenters. The molecule has 21 heavy (non-hydrogen) atoms. The third-order valence-electron chi connectivity index (χ3n) is 3.79. The van der Waals surface area contributed by atoms with E-state index in [1.54, 1.807) is 12.1 Å². The van der Waals surface area contributed by atoms with Crippen molar-refractivity contribution in [1.29, 1.82) is 0 Å². The first kappa shape index (κ1) is 16.2. The van der Waals surface area contributed by atoms with Crippen molar-refractivity contribution in [3.8, 4) is 0 Å². The van der Waals surface area contributed by atoms with Crippen LogP contribution in [0.2, 0.25) is 0 Å². The van der Waals surface area contributed by atoms with Gasteiger partial charge in [0.05, 0.1) is 5.69 Å². The highest BCUT2D eigenvalue weighted by molar-refractivity contribution is 14.1. The number of anilines is 1. The largest absolute Gasteiger partial charge is 0.396 e. The van der Waals surface area contributed by atoms with Gasteiger partial charge in [-0.1, -0.05) is 25.0 Å². The lowest BCUT2D eigenvalue weighted by Crippen LogP contribution is -2.47. The van der Waals surface area contributed by atoms with Gasteiger partial charge < -0.3 is 15.7 Å². The van der Waals surface area contributed by atoms with Gasteiger partial charge in [-0.3, -0.25) is 9.59 Å². The first-order chi connectivity index (χ1) is 10.1. The molecule has 5 nitrogen and oxygen atoms in total. The van der Waals surface area contributed by atoms with Crippen LogP contribution >= 0.6 is 22.6 Å². The van der Waals surface area contributed by atoms with Gasteiger partial charge >= 0.3 is 11.8 Å². The topological polar surface area (TPSA) is 78.4 Å². The molecule has 114 valence electrons. The summed E-state index contributed by atoms with van der Waals surface area (Å²) in [6.45, 7) is 0.0448. The molecule has 3 N–H and O–H groups in total. The van der Waals surface area contributed by atoms with Crippen molar-refractivity contribution in [1.82, 2.24) is 5.32 Å². The fraction of sp³-hybridized carbons (Fsp3) is 0.467. The summed E-state index contributed by atoms with van der Waals surface area (Å²) in [5.41, 5.74) is 0.626. The first-order valence-electron chi connectivity index (χ1n) is 7.09. The molecular weight excluding hydrogens is 383 g/mol. The van der Waals surface area contributed by atoms with Gasteiger partial charge in [-0.15, -0.1) is 0 Å². The Bertz CT molecular complexity index is 521. The minimum Gasteiger partial charge on any atom is -0.396 e. The van der Waals surface area contributed by atoms with Crippen LogP contribution in [0.3, 0.4) is 0 Å². The summed E-state index contributed by atoms with van der Waals surface area (Å²) in [6, 6.07) is 7.17. The minimum atomic E-state index is -0.665. The zero-order valence-electron chi connectivity index (χ0n) is 11.6. The highest BCUT2D eigenvalue weighted by Crippen LogP contribution is 2.24. The Labute approximate surface area is 137 Å². The summed E-state index contributed by atoms with van der Waals surface area (Å²) in [5, 5.41) is 14.7. The van der Waals surface area contributed by atoms with E-state index in [0.717, 1.165) is 29.3 Å². The predicted octanol–water partition coefficient (Wildman–Crippen LogP) is 1.90. The summed E-state index contributed by atoms with van der Waals surface area (Å²) >= 11 is 2.10. The van der Waals surface area contributed by atoms with E-state index in [1.165, 1.54) is 0 Å². The number of aliphatic hydroxyl groups is 1. The number of rotatable bonds is 3. The molecule has 0 bridgehead atoms. The summed E-state index contributed by atoms with van der Waals surface area (Å²) in [5.74, 6) is -1.26. The number of aliphatic hydroxyl groups excluding tert-OH is 1. The Morgan fingerprint density at radius 1 is 1.19 bits per heavy atom. The van der Waals surface area contributed by atoms with E-state index in [9.17, 15) is 14.7 Å². The number of nitrogens with one attached hydrogen (secondary N) is 2. The van der Waals surface area contributed by atoms with Gasteiger partial charge in [0.15, 0.2) is 0 Å². The van der Waals surface area contributed by atoms with Crippen molar-refractivity contribution < 1.29 is 14.7 Å². The summed E-state index contributed by atoms with van der Waals surface area (Å²) in [6.07, 6.45) is 3.78. The van der Waals surface area contributed by atoms with Crippen LogP contribution in [0.5, 0.6) is 0 Å². The number of amides is 2. The lowest BCUT2D eigenvalue weighted by atomic mass is 9.85. The Hall–Kier alpha value is -1.15. The molecular formula is C15H19IN2O3. The maximum Gasteiger partial charge on any atom is 0.313 e. The monoisotopic (exact) mass is 402 g/mol. The molecule has 0 saturated heterocycles. The van der Waals surface area contributed by atoms with Crippen molar-refractivity contribution in [2.75, 3.05) is 11.9 Å². The number of carbonyl (C=O) groups excluding carboxylic acids is 2. The Morgan fingerprint density at radius 3 is 2.62 bits per heavy atom. The van der Waals surface area contributed by atoms with Crippen LogP contribution in [0.1, 0.15) is 25.7 Å². The van der Waals surface area contributed by atoms with Gasteiger partial charge in [-0.05, 0) is 47.6 Å². The zero-order chi connectivity index (χ0) is 15.2. The number of hydrogen-bond donors (Lipinski definition) is 3. The van der Waals surface area contributed by atoms with E-state index in [4.69, 9.17) is 0 Å². The molecule has 1 aromatic rings. The highest BCUT2D eigenvalue weighted by Gasteiger charge is 2.27. The average Bonchev–Trinajstić information content (AvgIpc) is 2.50. The molecule has 0 aromatic heterocycles. The van der Waals surface area contributed by atoms with Gasteiger partial charge in [0.2, 0.25) is 0 Å². The van der Waals surface area contributed by atoms with E-state index in [1.807, 2.05) is 12.1 Å². The third kappa shape index (κ3) is 4.41. The van der Waals surface area contributed by atoms with Crippen molar-refractivity contribution >= 4 is 40.1 Å². The molecule has 1 fully saturated rings. The molecule has 1 aliphatic carbocycles. The quantitative estimate of drug-likeness (QED) is 0.534. The number of halogens is 1.